The van der Waals surface area contributed by atoms with Crippen LogP contribution >= 0.6 is 0 Å². The molecular formula is C14H8N2O9. The summed E-state index contributed by atoms with van der Waals surface area (Å²) in [5.74, 6) is -9.46. The third-order valence-corrected chi connectivity index (χ3v) is 3.66. The first-order valence-corrected chi connectivity index (χ1v) is 6.54. The molecule has 2 aromatic rings. The van der Waals surface area contributed by atoms with E-state index in [2.05, 4.69) is 9.97 Å². The highest BCUT2D eigenvalue weighted by atomic mass is 16.5. The minimum Gasteiger partial charge on any atom is -0.478 e. The molecule has 0 amide bonds. The number of ketones is 1. The number of rotatable bonds is 3. The number of aromatic nitrogens is 2. The van der Waals surface area contributed by atoms with E-state index in [0.717, 1.165) is 6.07 Å². The summed E-state index contributed by atoms with van der Waals surface area (Å²) in [6.07, 6.45) is 0. The van der Waals surface area contributed by atoms with E-state index < -0.39 is 63.3 Å². The van der Waals surface area contributed by atoms with E-state index in [1.165, 1.54) is 0 Å². The maximum atomic E-state index is 12.3. The van der Waals surface area contributed by atoms with Crippen LogP contribution < -0.4 is 0 Å². The number of fused-ring (bicyclic) bond motifs is 3. The zero-order valence-corrected chi connectivity index (χ0v) is 12.0. The molecule has 0 saturated heterocycles. The van der Waals surface area contributed by atoms with Crippen molar-refractivity contribution in [2.24, 2.45) is 0 Å². The van der Waals surface area contributed by atoms with Crippen molar-refractivity contribution in [1.82, 2.24) is 9.97 Å². The van der Waals surface area contributed by atoms with Crippen LogP contribution in [0.25, 0.3) is 11.3 Å². The molecule has 0 spiro atoms. The predicted molar refractivity (Wildman–Crippen MR) is 75.3 cm³/mol. The lowest BCUT2D eigenvalue weighted by molar-refractivity contribution is -0.131. The van der Waals surface area contributed by atoms with Crippen molar-refractivity contribution < 1.29 is 44.7 Å². The molecule has 2 heterocycles. The Balaban J connectivity index is 2.47. The second kappa shape index (κ2) is 4.96. The molecule has 3 rings (SSSR count). The molecule has 0 bridgehead atoms. The van der Waals surface area contributed by atoms with E-state index >= 15 is 0 Å². The lowest BCUT2D eigenvalue weighted by Crippen LogP contribution is -2.40. The van der Waals surface area contributed by atoms with Gasteiger partial charge in [0.2, 0.25) is 5.78 Å². The number of H-pyrrole nitrogens is 1. The number of pyridine rings is 1. The van der Waals surface area contributed by atoms with E-state index in [-0.39, 0.29) is 5.69 Å². The average Bonchev–Trinajstić information content (AvgIpc) is 2.97. The normalized spacial score (nSPS) is 14.6. The summed E-state index contributed by atoms with van der Waals surface area (Å²) in [4.78, 5) is 51.7. The Hall–Kier alpha value is -3.57. The summed E-state index contributed by atoms with van der Waals surface area (Å²) in [6.45, 7) is 0. The van der Waals surface area contributed by atoms with E-state index in [0.29, 0.717) is 6.07 Å². The van der Waals surface area contributed by atoms with Crippen molar-refractivity contribution in [3.63, 3.8) is 0 Å². The zero-order chi connectivity index (χ0) is 18.7. The lowest BCUT2D eigenvalue weighted by Gasteiger charge is -2.27. The van der Waals surface area contributed by atoms with Gasteiger partial charge >= 0.3 is 17.9 Å². The number of carboxylic acids is 3. The SMILES string of the molecule is O=C(O)c1cc(C(=O)O)c2c(n1)C(O)(O)C(=O)c1cc(C(=O)O)[nH]c1-2. The lowest BCUT2D eigenvalue weighted by atomic mass is 9.85. The van der Waals surface area contributed by atoms with Gasteiger partial charge in [-0.25, -0.2) is 19.4 Å². The van der Waals surface area contributed by atoms with E-state index in [1.807, 2.05) is 0 Å². The van der Waals surface area contributed by atoms with Crippen molar-refractivity contribution in [3.05, 3.63) is 40.3 Å². The Morgan fingerprint density at radius 2 is 1.64 bits per heavy atom. The number of nitrogens with one attached hydrogen (secondary N) is 1. The zero-order valence-electron chi connectivity index (χ0n) is 12.0. The van der Waals surface area contributed by atoms with Crippen molar-refractivity contribution in [3.8, 4) is 11.3 Å². The van der Waals surface area contributed by atoms with Crippen LogP contribution in [0.2, 0.25) is 0 Å². The number of aromatic amines is 1. The highest BCUT2D eigenvalue weighted by Gasteiger charge is 2.48. The third kappa shape index (κ3) is 2.18. The monoisotopic (exact) mass is 348 g/mol. The second-order valence-electron chi connectivity index (χ2n) is 5.17. The molecule has 0 saturated carbocycles. The quantitative estimate of drug-likeness (QED) is 0.393. The van der Waals surface area contributed by atoms with Crippen LogP contribution in [0.4, 0.5) is 0 Å². The fourth-order valence-electron chi connectivity index (χ4n) is 2.57. The molecule has 1 aliphatic rings. The molecule has 1 aliphatic carbocycles. The highest BCUT2D eigenvalue weighted by molar-refractivity contribution is 6.14. The summed E-state index contributed by atoms with van der Waals surface area (Å²) in [6, 6.07) is 1.49. The summed E-state index contributed by atoms with van der Waals surface area (Å²) in [5.41, 5.74) is -4.20. The summed E-state index contributed by atoms with van der Waals surface area (Å²) < 4.78 is 0. The molecule has 11 nitrogen and oxygen atoms in total. The van der Waals surface area contributed by atoms with Crippen LogP contribution in [0, 0.1) is 0 Å². The Morgan fingerprint density at radius 1 is 1.00 bits per heavy atom. The number of hydrogen-bond donors (Lipinski definition) is 6. The van der Waals surface area contributed by atoms with E-state index in [9.17, 15) is 34.5 Å². The van der Waals surface area contributed by atoms with Gasteiger partial charge in [-0.3, -0.25) is 4.79 Å². The smallest absolute Gasteiger partial charge is 0.354 e. The van der Waals surface area contributed by atoms with E-state index in [1.54, 1.807) is 0 Å². The standard InChI is InChI=1S/C14H8N2O9/c17-10-4-2-5(12(20)21)15-8(4)7-3(11(18)19)1-6(13(22)23)16-9(7)14(10,24)25/h1-2,15,24-25H,(H,18,19)(H,20,21)(H,22,23). The summed E-state index contributed by atoms with van der Waals surface area (Å²) >= 11 is 0. The van der Waals surface area contributed by atoms with Gasteiger partial charge in [0.1, 0.15) is 17.1 Å². The van der Waals surface area contributed by atoms with Crippen LogP contribution in [0.1, 0.15) is 47.4 Å². The largest absolute Gasteiger partial charge is 0.478 e. The Morgan fingerprint density at radius 3 is 2.16 bits per heavy atom. The molecule has 25 heavy (non-hydrogen) atoms. The number of aromatic carboxylic acids is 3. The van der Waals surface area contributed by atoms with Gasteiger partial charge in [-0.15, -0.1) is 0 Å². The van der Waals surface area contributed by atoms with Gasteiger partial charge in [0.15, 0.2) is 0 Å². The van der Waals surface area contributed by atoms with Crippen molar-refractivity contribution in [2.75, 3.05) is 0 Å². The first-order valence-electron chi connectivity index (χ1n) is 6.54. The van der Waals surface area contributed by atoms with Gasteiger partial charge in [0.05, 0.1) is 16.8 Å². The van der Waals surface area contributed by atoms with Gasteiger partial charge < -0.3 is 30.5 Å². The molecule has 2 aromatic heterocycles. The molecule has 0 fully saturated rings. The summed E-state index contributed by atoms with van der Waals surface area (Å²) in [7, 11) is 0. The van der Waals surface area contributed by atoms with E-state index in [4.69, 9.17) is 10.2 Å². The Kier molecular flexibility index (Phi) is 3.23. The first kappa shape index (κ1) is 16.3. The van der Waals surface area contributed by atoms with Gasteiger partial charge in [-0.1, -0.05) is 0 Å². The molecular weight excluding hydrogens is 340 g/mol. The minimum absolute atomic E-state index is 0.307. The van der Waals surface area contributed by atoms with Crippen LogP contribution in [0.5, 0.6) is 0 Å². The third-order valence-electron chi connectivity index (χ3n) is 3.66. The maximum absolute atomic E-state index is 12.3. The molecule has 6 N–H and O–H groups in total. The Labute approximate surface area is 136 Å². The van der Waals surface area contributed by atoms with Gasteiger partial charge in [0.25, 0.3) is 5.79 Å². The molecule has 0 aromatic carbocycles. The number of aliphatic hydroxyl groups is 2. The molecule has 0 atom stereocenters. The van der Waals surface area contributed by atoms with Crippen molar-refractivity contribution >= 4 is 23.7 Å². The predicted octanol–water partition coefficient (Wildman–Crippen LogP) is -0.495. The molecule has 128 valence electrons. The number of Topliss-reactive ketones (excluding diaryl/α,β-unsaturated/α-hetero) is 1. The number of carbonyl (C=O) groups is 4. The van der Waals surface area contributed by atoms with Crippen LogP contribution in [-0.4, -0.2) is 59.2 Å². The molecule has 0 unspecified atom stereocenters. The maximum Gasteiger partial charge on any atom is 0.354 e. The van der Waals surface area contributed by atoms with Crippen molar-refractivity contribution in [1.29, 1.82) is 0 Å². The Bertz CT molecular complexity index is 986. The van der Waals surface area contributed by atoms with Crippen LogP contribution in [0.15, 0.2) is 12.1 Å². The molecule has 11 heteroatoms. The van der Waals surface area contributed by atoms with Gasteiger partial charge in [-0.2, -0.15) is 0 Å². The topological polar surface area (TPSA) is 198 Å². The number of carboxylic acid groups (broad SMARTS) is 3. The number of nitrogens with zero attached hydrogens (tertiary/aromatic N) is 1. The highest BCUT2D eigenvalue weighted by Crippen LogP contribution is 2.41. The van der Waals surface area contributed by atoms with Crippen LogP contribution in [0.3, 0.4) is 0 Å². The number of carbonyl (C=O) groups excluding carboxylic acids is 1. The van der Waals surface area contributed by atoms with Crippen molar-refractivity contribution in [2.45, 2.75) is 5.79 Å². The fourth-order valence-corrected chi connectivity index (χ4v) is 2.57. The second-order valence-corrected chi connectivity index (χ2v) is 5.17. The average molecular weight is 348 g/mol. The molecule has 0 aliphatic heterocycles. The minimum atomic E-state index is -3.32. The summed E-state index contributed by atoms with van der Waals surface area (Å²) in [5, 5.41) is 47.6. The van der Waals surface area contributed by atoms with Gasteiger partial charge in [-0.05, 0) is 12.1 Å². The first-order chi connectivity index (χ1) is 11.6. The number of hydrogen-bond acceptors (Lipinski definition) is 7. The van der Waals surface area contributed by atoms with Gasteiger partial charge in [0, 0.05) is 5.56 Å². The molecule has 0 radical (unpaired) electrons. The fraction of sp³-hybridized carbons (Fsp3) is 0.0714. The van der Waals surface area contributed by atoms with Crippen LogP contribution in [-0.2, 0) is 5.79 Å².